The summed E-state index contributed by atoms with van der Waals surface area (Å²) < 4.78 is 2.17. The normalized spacial score (nSPS) is 16.9. The SMILES string of the molecule is Cc1c(-c2ccccc2)c(N2CC[C@H](N(C)C)C2)n2cc(C(C)C)nc2c1C#N. The van der Waals surface area contributed by atoms with Gasteiger partial charge in [-0.05, 0) is 44.5 Å². The average molecular weight is 388 g/mol. The van der Waals surface area contributed by atoms with Crippen LogP contribution in [0.15, 0.2) is 36.5 Å². The largest absolute Gasteiger partial charge is 0.356 e. The third-order valence-corrected chi connectivity index (χ3v) is 6.11. The molecule has 0 saturated carbocycles. The molecule has 150 valence electrons. The van der Waals surface area contributed by atoms with Crippen molar-refractivity contribution in [3.8, 4) is 17.2 Å². The second-order valence-electron chi connectivity index (χ2n) is 8.54. The first kappa shape index (κ1) is 19.5. The molecule has 1 saturated heterocycles. The lowest BCUT2D eigenvalue weighted by atomic mass is 9.97. The molecule has 5 nitrogen and oxygen atoms in total. The molecule has 0 amide bonds. The average Bonchev–Trinajstić information content (AvgIpc) is 3.35. The lowest BCUT2D eigenvalue weighted by molar-refractivity contribution is 0.315. The van der Waals surface area contributed by atoms with E-state index >= 15 is 0 Å². The van der Waals surface area contributed by atoms with Crippen molar-refractivity contribution in [1.82, 2.24) is 14.3 Å². The van der Waals surface area contributed by atoms with Crippen LogP contribution in [0.3, 0.4) is 0 Å². The fourth-order valence-electron chi connectivity index (χ4n) is 4.35. The number of likely N-dealkylation sites (N-methyl/N-ethyl adjacent to an activating group) is 1. The maximum Gasteiger partial charge on any atom is 0.156 e. The number of rotatable bonds is 4. The number of fused-ring (bicyclic) bond motifs is 1. The summed E-state index contributed by atoms with van der Waals surface area (Å²) in [6, 6.07) is 13.4. The van der Waals surface area contributed by atoms with Gasteiger partial charge >= 0.3 is 0 Å². The number of pyridine rings is 1. The van der Waals surface area contributed by atoms with Gasteiger partial charge in [-0.2, -0.15) is 5.26 Å². The van der Waals surface area contributed by atoms with Crippen molar-refractivity contribution in [3.63, 3.8) is 0 Å². The Balaban J connectivity index is 2.04. The summed E-state index contributed by atoms with van der Waals surface area (Å²) >= 11 is 0. The van der Waals surface area contributed by atoms with Crippen LogP contribution in [0.5, 0.6) is 0 Å². The lowest BCUT2D eigenvalue weighted by Gasteiger charge is -2.27. The molecule has 1 atom stereocenters. The molecule has 5 heteroatoms. The van der Waals surface area contributed by atoms with E-state index in [4.69, 9.17) is 4.98 Å². The fraction of sp³-hybridized carbons (Fsp3) is 0.417. The molecule has 0 bridgehead atoms. The molecular formula is C24H29N5. The van der Waals surface area contributed by atoms with E-state index in [1.165, 1.54) is 0 Å². The van der Waals surface area contributed by atoms with Crippen molar-refractivity contribution < 1.29 is 0 Å². The molecule has 1 fully saturated rings. The molecule has 3 aromatic rings. The number of benzene rings is 1. The van der Waals surface area contributed by atoms with Gasteiger partial charge in [0.2, 0.25) is 0 Å². The smallest absolute Gasteiger partial charge is 0.156 e. The van der Waals surface area contributed by atoms with Crippen LogP contribution in [0.25, 0.3) is 16.8 Å². The molecule has 3 heterocycles. The van der Waals surface area contributed by atoms with Crippen molar-refractivity contribution in [3.05, 3.63) is 53.3 Å². The Morgan fingerprint density at radius 1 is 1.21 bits per heavy atom. The zero-order valence-electron chi connectivity index (χ0n) is 18.0. The first-order chi connectivity index (χ1) is 13.9. The number of nitrogens with zero attached hydrogens (tertiary/aromatic N) is 5. The summed E-state index contributed by atoms with van der Waals surface area (Å²) in [5.41, 5.74) is 5.76. The van der Waals surface area contributed by atoms with Crippen LogP contribution >= 0.6 is 0 Å². The summed E-state index contributed by atoms with van der Waals surface area (Å²) in [5, 5.41) is 9.98. The lowest BCUT2D eigenvalue weighted by Crippen LogP contribution is -2.32. The van der Waals surface area contributed by atoms with Crippen molar-refractivity contribution >= 4 is 11.5 Å². The Morgan fingerprint density at radius 2 is 1.93 bits per heavy atom. The van der Waals surface area contributed by atoms with E-state index in [-0.39, 0.29) is 0 Å². The van der Waals surface area contributed by atoms with E-state index in [1.807, 2.05) is 6.07 Å². The monoisotopic (exact) mass is 387 g/mol. The van der Waals surface area contributed by atoms with Crippen molar-refractivity contribution in [2.75, 3.05) is 32.1 Å². The number of nitriles is 1. The summed E-state index contributed by atoms with van der Waals surface area (Å²) in [6.45, 7) is 8.33. The molecule has 29 heavy (non-hydrogen) atoms. The maximum absolute atomic E-state index is 9.98. The van der Waals surface area contributed by atoms with E-state index in [0.717, 1.165) is 53.4 Å². The van der Waals surface area contributed by atoms with Gasteiger partial charge in [0.05, 0.1) is 11.3 Å². The first-order valence-corrected chi connectivity index (χ1v) is 10.3. The Kier molecular flexibility index (Phi) is 5.06. The van der Waals surface area contributed by atoms with Gasteiger partial charge in [0.25, 0.3) is 0 Å². The molecule has 0 radical (unpaired) electrons. The maximum atomic E-state index is 9.98. The Hall–Kier alpha value is -2.84. The Bertz CT molecular complexity index is 1070. The van der Waals surface area contributed by atoms with E-state index in [9.17, 15) is 5.26 Å². The number of anilines is 1. The third kappa shape index (κ3) is 3.28. The molecule has 0 aliphatic carbocycles. The van der Waals surface area contributed by atoms with Crippen LogP contribution in [-0.4, -0.2) is 47.5 Å². The van der Waals surface area contributed by atoms with Crippen LogP contribution in [-0.2, 0) is 0 Å². The number of hydrogen-bond acceptors (Lipinski definition) is 4. The van der Waals surface area contributed by atoms with Crippen LogP contribution in [0.2, 0.25) is 0 Å². The zero-order chi connectivity index (χ0) is 20.7. The van der Waals surface area contributed by atoms with Gasteiger partial charge in [-0.15, -0.1) is 0 Å². The van der Waals surface area contributed by atoms with Crippen molar-refractivity contribution in [1.29, 1.82) is 5.26 Å². The molecule has 0 unspecified atom stereocenters. The number of imidazole rings is 1. The predicted octanol–water partition coefficient (Wildman–Crippen LogP) is 4.45. The Morgan fingerprint density at radius 3 is 2.52 bits per heavy atom. The summed E-state index contributed by atoms with van der Waals surface area (Å²) in [5.74, 6) is 1.47. The molecule has 0 spiro atoms. The van der Waals surface area contributed by atoms with Gasteiger partial charge in [-0.3, -0.25) is 4.40 Å². The number of aromatic nitrogens is 2. The first-order valence-electron chi connectivity index (χ1n) is 10.3. The molecule has 4 rings (SSSR count). The fourth-order valence-corrected chi connectivity index (χ4v) is 4.35. The molecule has 2 aromatic heterocycles. The second kappa shape index (κ2) is 7.53. The van der Waals surface area contributed by atoms with Crippen LogP contribution in [0, 0.1) is 18.3 Å². The minimum Gasteiger partial charge on any atom is -0.356 e. The second-order valence-corrected chi connectivity index (χ2v) is 8.54. The molecule has 1 aliphatic rings. The predicted molar refractivity (Wildman–Crippen MR) is 118 cm³/mol. The van der Waals surface area contributed by atoms with Crippen molar-refractivity contribution in [2.24, 2.45) is 0 Å². The van der Waals surface area contributed by atoms with E-state index in [1.54, 1.807) is 0 Å². The highest BCUT2D eigenvalue weighted by molar-refractivity contribution is 5.85. The van der Waals surface area contributed by atoms with Crippen LogP contribution < -0.4 is 4.90 Å². The molecule has 1 aliphatic heterocycles. The molecular weight excluding hydrogens is 358 g/mol. The highest BCUT2D eigenvalue weighted by atomic mass is 15.3. The van der Waals surface area contributed by atoms with E-state index < -0.39 is 0 Å². The van der Waals surface area contributed by atoms with Gasteiger partial charge in [0.1, 0.15) is 11.9 Å². The highest BCUT2D eigenvalue weighted by Gasteiger charge is 2.30. The number of hydrogen-bond donors (Lipinski definition) is 0. The minimum absolute atomic E-state index is 0.308. The topological polar surface area (TPSA) is 47.6 Å². The molecule has 1 aromatic carbocycles. The van der Waals surface area contributed by atoms with Gasteiger partial charge in [-0.25, -0.2) is 4.98 Å². The standard InChI is InChI=1S/C24H29N5/c1-16(2)21-15-29-23(26-21)20(13-25)17(3)22(18-9-7-6-8-10-18)24(29)28-12-11-19(14-28)27(4)5/h6-10,15-16,19H,11-12,14H2,1-5H3/t19-/m0/s1. The summed E-state index contributed by atoms with van der Waals surface area (Å²) in [4.78, 5) is 9.65. The highest BCUT2D eigenvalue weighted by Crippen LogP contribution is 2.39. The minimum atomic E-state index is 0.308. The van der Waals surface area contributed by atoms with Gasteiger partial charge in [0.15, 0.2) is 5.65 Å². The van der Waals surface area contributed by atoms with Crippen molar-refractivity contribution in [2.45, 2.75) is 39.2 Å². The van der Waals surface area contributed by atoms with Gasteiger partial charge in [0, 0.05) is 30.9 Å². The van der Waals surface area contributed by atoms with E-state index in [2.05, 4.69) is 85.6 Å². The van der Waals surface area contributed by atoms with Crippen LogP contribution in [0.4, 0.5) is 5.82 Å². The molecule has 0 N–H and O–H groups in total. The Labute approximate surface area is 173 Å². The van der Waals surface area contributed by atoms with Crippen LogP contribution in [0.1, 0.15) is 43.0 Å². The third-order valence-electron chi connectivity index (χ3n) is 6.11. The quantitative estimate of drug-likeness (QED) is 0.664. The van der Waals surface area contributed by atoms with E-state index in [0.29, 0.717) is 17.5 Å². The van der Waals surface area contributed by atoms with Gasteiger partial charge in [-0.1, -0.05) is 44.2 Å². The van der Waals surface area contributed by atoms with Gasteiger partial charge < -0.3 is 9.80 Å². The summed E-state index contributed by atoms with van der Waals surface area (Å²) in [7, 11) is 4.31. The summed E-state index contributed by atoms with van der Waals surface area (Å²) in [6.07, 6.45) is 3.26. The zero-order valence-corrected chi connectivity index (χ0v) is 18.0.